The zero-order valence-electron chi connectivity index (χ0n) is 8.13. The summed E-state index contributed by atoms with van der Waals surface area (Å²) in [7, 11) is 3.20. The van der Waals surface area contributed by atoms with Crippen molar-refractivity contribution >= 4 is 23.4 Å². The summed E-state index contributed by atoms with van der Waals surface area (Å²) < 4.78 is 0. The first kappa shape index (κ1) is 12.2. The lowest BCUT2D eigenvalue weighted by molar-refractivity contribution is -0.129. The molecule has 0 heterocycles. The molecule has 76 valence electrons. The maximum atomic E-state index is 11.1. The van der Waals surface area contributed by atoms with E-state index in [1.165, 1.54) is 4.90 Å². The largest absolute Gasteiger partial charge is 0.359 e. The van der Waals surface area contributed by atoms with E-state index in [0.29, 0.717) is 6.54 Å². The zero-order chi connectivity index (χ0) is 10.4. The van der Waals surface area contributed by atoms with Crippen molar-refractivity contribution in [1.29, 1.82) is 0 Å². The van der Waals surface area contributed by atoms with Crippen LogP contribution in [-0.2, 0) is 9.59 Å². The molecular weight excluding hydrogens is 192 g/mol. The molecule has 4 nitrogen and oxygen atoms in total. The number of carbonyl (C=O) groups is 2. The molecule has 1 unspecified atom stereocenters. The molecule has 5 heteroatoms. The molecule has 0 aromatic rings. The quantitative estimate of drug-likeness (QED) is 0.662. The SMILES string of the molecule is CNC(=O)C(C)CN(C)C(=O)CCl. The number of rotatable bonds is 4. The summed E-state index contributed by atoms with van der Waals surface area (Å²) in [4.78, 5) is 23.5. The van der Waals surface area contributed by atoms with E-state index in [1.54, 1.807) is 21.0 Å². The van der Waals surface area contributed by atoms with Crippen LogP contribution < -0.4 is 5.32 Å². The van der Waals surface area contributed by atoms with Crippen molar-refractivity contribution in [2.24, 2.45) is 5.92 Å². The van der Waals surface area contributed by atoms with Crippen LogP contribution in [0.2, 0.25) is 0 Å². The van der Waals surface area contributed by atoms with Crippen LogP contribution in [0, 0.1) is 5.92 Å². The minimum atomic E-state index is -0.206. The van der Waals surface area contributed by atoms with E-state index in [-0.39, 0.29) is 23.6 Å². The van der Waals surface area contributed by atoms with Crippen molar-refractivity contribution in [1.82, 2.24) is 10.2 Å². The van der Waals surface area contributed by atoms with Crippen molar-refractivity contribution in [3.63, 3.8) is 0 Å². The van der Waals surface area contributed by atoms with Gasteiger partial charge in [-0.2, -0.15) is 0 Å². The predicted octanol–water partition coefficient (Wildman–Crippen LogP) is 0.0657. The monoisotopic (exact) mass is 206 g/mol. The Hall–Kier alpha value is -0.770. The summed E-state index contributed by atoms with van der Waals surface area (Å²) in [6.45, 7) is 2.15. The minimum absolute atomic E-state index is 0.0447. The van der Waals surface area contributed by atoms with Crippen LogP contribution in [0.5, 0.6) is 0 Å². The van der Waals surface area contributed by atoms with Gasteiger partial charge in [0, 0.05) is 20.6 Å². The van der Waals surface area contributed by atoms with Gasteiger partial charge in [-0.25, -0.2) is 0 Å². The Bertz CT molecular complexity index is 177. The second-order valence-electron chi connectivity index (χ2n) is 2.92. The fourth-order valence-electron chi connectivity index (χ4n) is 0.944. The number of alkyl halides is 1. The lowest BCUT2D eigenvalue weighted by atomic mass is 10.1. The number of nitrogens with one attached hydrogen (secondary N) is 1. The molecule has 0 spiro atoms. The van der Waals surface area contributed by atoms with Gasteiger partial charge in [-0.1, -0.05) is 6.92 Å². The molecule has 0 saturated heterocycles. The summed E-state index contributed by atoms with van der Waals surface area (Å²) in [6.07, 6.45) is 0. The van der Waals surface area contributed by atoms with Crippen LogP contribution in [0.1, 0.15) is 6.92 Å². The Morgan fingerprint density at radius 1 is 1.54 bits per heavy atom. The van der Waals surface area contributed by atoms with Gasteiger partial charge in [0.2, 0.25) is 11.8 Å². The molecule has 0 aliphatic carbocycles. The summed E-state index contributed by atoms with van der Waals surface area (Å²) in [5, 5.41) is 2.52. The zero-order valence-corrected chi connectivity index (χ0v) is 8.89. The van der Waals surface area contributed by atoms with Crippen LogP contribution in [0.25, 0.3) is 0 Å². The Morgan fingerprint density at radius 2 is 2.08 bits per heavy atom. The highest BCUT2D eigenvalue weighted by atomic mass is 35.5. The van der Waals surface area contributed by atoms with Gasteiger partial charge < -0.3 is 10.2 Å². The van der Waals surface area contributed by atoms with E-state index >= 15 is 0 Å². The highest BCUT2D eigenvalue weighted by Crippen LogP contribution is 1.99. The molecule has 0 aliphatic heterocycles. The number of hydrogen-bond acceptors (Lipinski definition) is 2. The van der Waals surface area contributed by atoms with Gasteiger partial charge in [0.1, 0.15) is 5.88 Å². The number of carbonyl (C=O) groups excluding carboxylic acids is 2. The first-order chi connectivity index (χ1) is 6.02. The standard InChI is InChI=1S/C8H15ClN2O2/c1-6(8(13)10-2)5-11(3)7(12)4-9/h6H,4-5H2,1-3H3,(H,10,13). The van der Waals surface area contributed by atoms with E-state index < -0.39 is 0 Å². The topological polar surface area (TPSA) is 49.4 Å². The van der Waals surface area contributed by atoms with Gasteiger partial charge in [0.25, 0.3) is 0 Å². The summed E-state index contributed by atoms with van der Waals surface area (Å²) in [5.74, 6) is -0.495. The van der Waals surface area contributed by atoms with Gasteiger partial charge >= 0.3 is 0 Å². The highest BCUT2D eigenvalue weighted by molar-refractivity contribution is 6.27. The van der Waals surface area contributed by atoms with Crippen LogP contribution in [0.3, 0.4) is 0 Å². The van der Waals surface area contributed by atoms with Gasteiger partial charge in [-0.05, 0) is 0 Å². The van der Waals surface area contributed by atoms with E-state index in [4.69, 9.17) is 11.6 Å². The van der Waals surface area contributed by atoms with Crippen LogP contribution in [0.15, 0.2) is 0 Å². The maximum Gasteiger partial charge on any atom is 0.237 e. The van der Waals surface area contributed by atoms with Crippen LogP contribution in [-0.4, -0.2) is 43.2 Å². The predicted molar refractivity (Wildman–Crippen MR) is 51.6 cm³/mol. The van der Waals surface area contributed by atoms with Gasteiger partial charge in [-0.3, -0.25) is 9.59 Å². The maximum absolute atomic E-state index is 11.1. The summed E-state index contributed by atoms with van der Waals surface area (Å²) in [6, 6.07) is 0. The molecule has 0 aromatic carbocycles. The van der Waals surface area contributed by atoms with Crippen molar-refractivity contribution < 1.29 is 9.59 Å². The number of amides is 2. The number of hydrogen-bond donors (Lipinski definition) is 1. The third-order valence-corrected chi connectivity index (χ3v) is 2.01. The molecule has 0 aromatic heterocycles. The van der Waals surface area contributed by atoms with Crippen molar-refractivity contribution in [3.8, 4) is 0 Å². The molecule has 0 saturated carbocycles. The molecule has 1 N–H and O–H groups in total. The van der Waals surface area contributed by atoms with E-state index in [9.17, 15) is 9.59 Å². The second-order valence-corrected chi connectivity index (χ2v) is 3.19. The van der Waals surface area contributed by atoms with E-state index in [0.717, 1.165) is 0 Å². The fourth-order valence-corrected chi connectivity index (χ4v) is 1.15. The molecule has 0 bridgehead atoms. The third-order valence-electron chi connectivity index (χ3n) is 1.78. The Kier molecular flexibility index (Phi) is 5.46. The minimum Gasteiger partial charge on any atom is -0.359 e. The van der Waals surface area contributed by atoms with Crippen molar-refractivity contribution in [2.45, 2.75) is 6.92 Å². The molecule has 0 radical (unpaired) electrons. The molecule has 13 heavy (non-hydrogen) atoms. The van der Waals surface area contributed by atoms with Crippen molar-refractivity contribution in [3.05, 3.63) is 0 Å². The first-order valence-corrected chi connectivity index (χ1v) is 4.57. The molecule has 2 amide bonds. The Balaban J connectivity index is 3.98. The smallest absolute Gasteiger partial charge is 0.237 e. The molecule has 1 atom stereocenters. The molecule has 0 fully saturated rings. The molecular formula is C8H15ClN2O2. The summed E-state index contributed by atoms with van der Waals surface area (Å²) >= 11 is 5.35. The van der Waals surface area contributed by atoms with E-state index in [2.05, 4.69) is 5.32 Å². The Labute approximate surface area is 83.2 Å². The van der Waals surface area contributed by atoms with E-state index in [1.807, 2.05) is 0 Å². The number of halogens is 1. The lowest BCUT2D eigenvalue weighted by Crippen LogP contribution is -2.37. The summed E-state index contributed by atoms with van der Waals surface area (Å²) in [5.41, 5.74) is 0. The van der Waals surface area contributed by atoms with Gasteiger partial charge in [0.15, 0.2) is 0 Å². The Morgan fingerprint density at radius 3 is 2.46 bits per heavy atom. The first-order valence-electron chi connectivity index (χ1n) is 4.04. The normalized spacial score (nSPS) is 12.0. The van der Waals surface area contributed by atoms with Crippen LogP contribution in [0.4, 0.5) is 0 Å². The number of nitrogens with zero attached hydrogens (tertiary/aromatic N) is 1. The van der Waals surface area contributed by atoms with Gasteiger partial charge in [0.05, 0.1) is 5.92 Å². The third kappa shape index (κ3) is 4.12. The van der Waals surface area contributed by atoms with Gasteiger partial charge in [-0.15, -0.1) is 11.6 Å². The lowest BCUT2D eigenvalue weighted by Gasteiger charge is -2.19. The molecule has 0 aliphatic rings. The highest BCUT2D eigenvalue weighted by Gasteiger charge is 2.16. The fraction of sp³-hybridized carbons (Fsp3) is 0.750. The average molecular weight is 207 g/mol. The average Bonchev–Trinajstić information content (AvgIpc) is 2.14. The van der Waals surface area contributed by atoms with Crippen LogP contribution >= 0.6 is 11.6 Å². The van der Waals surface area contributed by atoms with Crippen molar-refractivity contribution in [2.75, 3.05) is 26.5 Å². The molecule has 0 rings (SSSR count). The second kappa shape index (κ2) is 5.80.